The molecule has 6 nitrogen and oxygen atoms in total. The molecule has 1 atom stereocenters. The monoisotopic (exact) mass is 280 g/mol. The van der Waals surface area contributed by atoms with Crippen molar-refractivity contribution < 1.29 is 19.4 Å². The maximum atomic E-state index is 11.9. The van der Waals surface area contributed by atoms with Crippen LogP contribution in [-0.2, 0) is 20.7 Å². The van der Waals surface area contributed by atoms with Gasteiger partial charge in [0.15, 0.2) is 0 Å². The molecule has 20 heavy (non-hydrogen) atoms. The van der Waals surface area contributed by atoms with Gasteiger partial charge in [-0.05, 0) is 25.5 Å². The van der Waals surface area contributed by atoms with E-state index in [9.17, 15) is 9.59 Å². The lowest BCUT2D eigenvalue weighted by atomic mass is 9.98. The first-order valence-electron chi connectivity index (χ1n) is 6.37. The second-order valence-electron chi connectivity index (χ2n) is 4.93. The minimum Gasteiger partial charge on any atom is -0.481 e. The van der Waals surface area contributed by atoms with Crippen LogP contribution in [0.25, 0.3) is 0 Å². The van der Waals surface area contributed by atoms with E-state index in [4.69, 9.17) is 9.84 Å². The largest absolute Gasteiger partial charge is 0.481 e. The van der Waals surface area contributed by atoms with E-state index in [2.05, 4.69) is 10.3 Å². The number of hydrogen-bond acceptors (Lipinski definition) is 4. The van der Waals surface area contributed by atoms with Gasteiger partial charge in [-0.15, -0.1) is 0 Å². The van der Waals surface area contributed by atoms with Crippen molar-refractivity contribution in [2.45, 2.75) is 31.7 Å². The Morgan fingerprint density at radius 3 is 2.75 bits per heavy atom. The highest BCUT2D eigenvalue weighted by molar-refractivity contribution is 5.78. The third kappa shape index (κ3) is 5.79. The van der Waals surface area contributed by atoms with E-state index in [0.717, 1.165) is 5.69 Å². The number of nitrogens with zero attached hydrogens (tertiary/aromatic N) is 1. The maximum absolute atomic E-state index is 11.9. The number of methoxy groups -OCH3 is 1. The Morgan fingerprint density at radius 2 is 2.20 bits per heavy atom. The van der Waals surface area contributed by atoms with Crippen molar-refractivity contribution in [2.75, 3.05) is 13.7 Å². The van der Waals surface area contributed by atoms with E-state index in [1.807, 2.05) is 18.2 Å². The van der Waals surface area contributed by atoms with Gasteiger partial charge < -0.3 is 15.2 Å². The number of ether oxygens (including phenoxy) is 1. The normalized spacial score (nSPS) is 13.5. The van der Waals surface area contributed by atoms with E-state index in [-0.39, 0.29) is 25.4 Å². The molecule has 1 amide bonds. The Hall–Kier alpha value is -1.95. The van der Waals surface area contributed by atoms with Gasteiger partial charge in [-0.1, -0.05) is 6.07 Å². The lowest BCUT2D eigenvalue weighted by Crippen LogP contribution is -2.50. The molecule has 0 spiro atoms. The summed E-state index contributed by atoms with van der Waals surface area (Å²) in [6.07, 6.45) is 2.27. The van der Waals surface area contributed by atoms with E-state index in [1.165, 1.54) is 7.11 Å². The smallest absolute Gasteiger partial charge is 0.305 e. The SMILES string of the molecule is COCC(C)(CC(=O)O)NC(=O)CCc1ccccn1. The average Bonchev–Trinajstić information content (AvgIpc) is 2.36. The van der Waals surface area contributed by atoms with Gasteiger partial charge in [0.2, 0.25) is 5.91 Å². The lowest BCUT2D eigenvalue weighted by molar-refractivity contribution is -0.139. The molecule has 1 heterocycles. The molecule has 1 rings (SSSR count). The van der Waals surface area contributed by atoms with Crippen molar-refractivity contribution in [1.82, 2.24) is 10.3 Å². The minimum atomic E-state index is -0.977. The van der Waals surface area contributed by atoms with Crippen molar-refractivity contribution in [3.63, 3.8) is 0 Å². The minimum absolute atomic E-state index is 0.147. The van der Waals surface area contributed by atoms with E-state index in [1.54, 1.807) is 13.1 Å². The van der Waals surface area contributed by atoms with Gasteiger partial charge in [-0.25, -0.2) is 0 Å². The third-order valence-electron chi connectivity index (χ3n) is 2.78. The van der Waals surface area contributed by atoms with Gasteiger partial charge in [0.25, 0.3) is 0 Å². The van der Waals surface area contributed by atoms with Crippen LogP contribution in [0.3, 0.4) is 0 Å². The van der Waals surface area contributed by atoms with Crippen LogP contribution in [0.2, 0.25) is 0 Å². The van der Waals surface area contributed by atoms with Crippen molar-refractivity contribution >= 4 is 11.9 Å². The molecule has 1 unspecified atom stereocenters. The van der Waals surface area contributed by atoms with Crippen molar-refractivity contribution in [2.24, 2.45) is 0 Å². The summed E-state index contributed by atoms with van der Waals surface area (Å²) in [7, 11) is 1.47. The number of rotatable bonds is 8. The molecule has 110 valence electrons. The first-order valence-corrected chi connectivity index (χ1v) is 6.37. The van der Waals surface area contributed by atoms with Gasteiger partial charge >= 0.3 is 5.97 Å². The fourth-order valence-electron chi connectivity index (χ4n) is 1.97. The Labute approximate surface area is 118 Å². The molecular weight excluding hydrogens is 260 g/mol. The first kappa shape index (κ1) is 16.1. The van der Waals surface area contributed by atoms with Crippen LogP contribution in [-0.4, -0.2) is 41.2 Å². The molecule has 0 bridgehead atoms. The number of carbonyl (C=O) groups excluding carboxylic acids is 1. The molecular formula is C14H20N2O4. The molecule has 1 aromatic heterocycles. The van der Waals surface area contributed by atoms with Crippen molar-refractivity contribution in [1.29, 1.82) is 0 Å². The molecule has 0 aliphatic carbocycles. The predicted octanol–water partition coefficient (Wildman–Crippen LogP) is 1.01. The molecule has 0 saturated heterocycles. The van der Waals surface area contributed by atoms with Gasteiger partial charge in [0.05, 0.1) is 18.6 Å². The fourth-order valence-corrected chi connectivity index (χ4v) is 1.97. The van der Waals surface area contributed by atoms with Crippen LogP contribution in [0.1, 0.15) is 25.5 Å². The number of pyridine rings is 1. The number of aromatic nitrogens is 1. The Bertz CT molecular complexity index is 450. The lowest BCUT2D eigenvalue weighted by Gasteiger charge is -2.28. The summed E-state index contributed by atoms with van der Waals surface area (Å²) in [5.74, 6) is -1.19. The van der Waals surface area contributed by atoms with Gasteiger partial charge in [-0.3, -0.25) is 14.6 Å². The molecule has 1 aromatic rings. The molecule has 0 radical (unpaired) electrons. The number of carbonyl (C=O) groups is 2. The Kier molecular flexibility index (Phi) is 6.11. The van der Waals surface area contributed by atoms with Crippen LogP contribution in [0.5, 0.6) is 0 Å². The zero-order valence-electron chi connectivity index (χ0n) is 11.8. The Balaban J connectivity index is 2.51. The predicted molar refractivity (Wildman–Crippen MR) is 73.2 cm³/mol. The van der Waals surface area contributed by atoms with Crippen LogP contribution < -0.4 is 5.32 Å². The highest BCUT2D eigenvalue weighted by Gasteiger charge is 2.29. The van der Waals surface area contributed by atoms with Gasteiger partial charge in [-0.2, -0.15) is 0 Å². The van der Waals surface area contributed by atoms with Crippen LogP contribution in [0.15, 0.2) is 24.4 Å². The van der Waals surface area contributed by atoms with Crippen LogP contribution in [0, 0.1) is 0 Å². The summed E-state index contributed by atoms with van der Waals surface area (Å²) in [5.41, 5.74) is -0.0729. The molecule has 0 aliphatic rings. The number of nitrogens with one attached hydrogen (secondary N) is 1. The summed E-state index contributed by atoms with van der Waals surface area (Å²) in [6.45, 7) is 1.80. The zero-order valence-corrected chi connectivity index (χ0v) is 11.8. The Morgan fingerprint density at radius 1 is 1.45 bits per heavy atom. The number of aryl methyl sites for hydroxylation is 1. The fraction of sp³-hybridized carbons (Fsp3) is 0.500. The maximum Gasteiger partial charge on any atom is 0.305 e. The molecule has 0 saturated carbocycles. The quantitative estimate of drug-likeness (QED) is 0.742. The number of carboxylic acid groups (broad SMARTS) is 1. The highest BCUT2D eigenvalue weighted by Crippen LogP contribution is 2.11. The van der Waals surface area contributed by atoms with Gasteiger partial charge in [0.1, 0.15) is 0 Å². The second kappa shape index (κ2) is 7.59. The number of amides is 1. The standard InChI is InChI=1S/C14H20N2O4/c1-14(10-20-2,9-13(18)19)16-12(17)7-6-11-5-3-4-8-15-11/h3-5,8H,6-7,9-10H2,1-2H3,(H,16,17)(H,18,19). The molecule has 2 N–H and O–H groups in total. The van der Waals surface area contributed by atoms with Gasteiger partial charge in [0, 0.05) is 25.4 Å². The summed E-state index contributed by atoms with van der Waals surface area (Å²) in [5, 5.41) is 11.6. The zero-order chi connectivity index (χ0) is 15.0. The molecule has 0 aromatic carbocycles. The molecule has 0 aliphatic heterocycles. The number of carboxylic acids is 1. The summed E-state index contributed by atoms with van der Waals surface area (Å²) >= 11 is 0. The third-order valence-corrected chi connectivity index (χ3v) is 2.78. The van der Waals surface area contributed by atoms with Crippen LogP contribution in [0.4, 0.5) is 0 Å². The average molecular weight is 280 g/mol. The first-order chi connectivity index (χ1) is 9.45. The summed E-state index contributed by atoms with van der Waals surface area (Å²) in [6, 6.07) is 5.52. The highest BCUT2D eigenvalue weighted by atomic mass is 16.5. The van der Waals surface area contributed by atoms with E-state index >= 15 is 0 Å². The van der Waals surface area contributed by atoms with Crippen molar-refractivity contribution in [3.8, 4) is 0 Å². The van der Waals surface area contributed by atoms with Crippen molar-refractivity contribution in [3.05, 3.63) is 30.1 Å². The summed E-state index contributed by atoms with van der Waals surface area (Å²) in [4.78, 5) is 26.9. The summed E-state index contributed by atoms with van der Waals surface area (Å²) < 4.78 is 4.98. The second-order valence-corrected chi connectivity index (χ2v) is 4.93. The topological polar surface area (TPSA) is 88.5 Å². The number of hydrogen-bond donors (Lipinski definition) is 2. The molecule has 6 heteroatoms. The van der Waals surface area contributed by atoms with Crippen LogP contribution >= 0.6 is 0 Å². The number of aliphatic carboxylic acids is 1. The molecule has 0 fully saturated rings. The van der Waals surface area contributed by atoms with E-state index < -0.39 is 11.5 Å². The van der Waals surface area contributed by atoms with E-state index in [0.29, 0.717) is 6.42 Å².